The molecule has 0 saturated carbocycles. The summed E-state index contributed by atoms with van der Waals surface area (Å²) in [6.07, 6.45) is 5.10. The first kappa shape index (κ1) is 8.82. The predicted molar refractivity (Wildman–Crippen MR) is 46.1 cm³/mol. The average Bonchev–Trinajstić information content (AvgIpc) is 1.99. The Morgan fingerprint density at radius 3 is 2.50 bits per heavy atom. The van der Waals surface area contributed by atoms with Crippen molar-refractivity contribution < 1.29 is 0 Å². The Labute approximate surface area is 61.5 Å². The van der Waals surface area contributed by atoms with Crippen molar-refractivity contribution in [2.75, 3.05) is 7.05 Å². The Bertz CT molecular complexity index is 187. The van der Waals surface area contributed by atoms with Gasteiger partial charge in [-0.25, -0.2) is 0 Å². The number of nitrogens with one attached hydrogen (secondary N) is 1. The molecule has 0 saturated heterocycles. The number of allylic oxidation sites excluding steroid dienone is 3. The van der Waals surface area contributed by atoms with Gasteiger partial charge < -0.3 is 0 Å². The van der Waals surface area contributed by atoms with E-state index in [0.29, 0.717) is 11.4 Å². The highest BCUT2D eigenvalue weighted by atomic mass is 14.7. The van der Waals surface area contributed by atoms with Crippen molar-refractivity contribution in [1.82, 2.24) is 0 Å². The predicted octanol–water partition coefficient (Wildman–Crippen LogP) is 1.84. The number of aliphatic imine (C=N–C) groups is 1. The molecule has 54 valence electrons. The summed E-state index contributed by atoms with van der Waals surface area (Å²) < 4.78 is 0. The third-order valence-corrected chi connectivity index (χ3v) is 1.05. The summed E-state index contributed by atoms with van der Waals surface area (Å²) in [4.78, 5) is 3.88. The van der Waals surface area contributed by atoms with Crippen molar-refractivity contribution in [2.24, 2.45) is 4.99 Å². The number of hydrogen-bond acceptors (Lipinski definition) is 2. The van der Waals surface area contributed by atoms with Gasteiger partial charge in [0.1, 0.15) is 0 Å². The minimum atomic E-state index is 0.362. The van der Waals surface area contributed by atoms with Gasteiger partial charge in [-0.05, 0) is 19.1 Å². The van der Waals surface area contributed by atoms with Gasteiger partial charge in [-0.15, -0.1) is 0 Å². The maximum atomic E-state index is 7.30. The maximum absolute atomic E-state index is 7.30. The first-order chi connectivity index (χ1) is 4.76. The van der Waals surface area contributed by atoms with Gasteiger partial charge in [-0.1, -0.05) is 12.7 Å². The third-order valence-electron chi connectivity index (χ3n) is 1.05. The zero-order valence-corrected chi connectivity index (χ0v) is 6.39. The molecule has 1 N–H and O–H groups in total. The normalized spacial score (nSPS) is 12.0. The Kier molecular flexibility index (Phi) is 4.12. The maximum Gasteiger partial charge on any atom is 0.0816 e. The number of rotatable bonds is 3. The average molecular weight is 136 g/mol. The molecular formula is C8H12N2. The second-order valence-electron chi connectivity index (χ2n) is 1.73. The van der Waals surface area contributed by atoms with Crippen LogP contribution in [0, 0.1) is 5.41 Å². The lowest BCUT2D eigenvalue weighted by Gasteiger charge is -1.93. The Morgan fingerprint density at radius 1 is 1.60 bits per heavy atom. The monoisotopic (exact) mass is 136 g/mol. The van der Waals surface area contributed by atoms with Crippen LogP contribution in [0.5, 0.6) is 0 Å². The lowest BCUT2D eigenvalue weighted by molar-refractivity contribution is 1.44. The molecule has 0 bridgehead atoms. The van der Waals surface area contributed by atoms with E-state index in [4.69, 9.17) is 5.41 Å². The fraction of sp³-hybridized carbons (Fsp3) is 0.250. The fourth-order valence-corrected chi connectivity index (χ4v) is 0.547. The van der Waals surface area contributed by atoms with Crippen molar-refractivity contribution in [3.05, 3.63) is 24.8 Å². The van der Waals surface area contributed by atoms with Gasteiger partial charge in [0.15, 0.2) is 0 Å². The topological polar surface area (TPSA) is 36.2 Å². The summed E-state index contributed by atoms with van der Waals surface area (Å²) in [7, 11) is 1.66. The van der Waals surface area contributed by atoms with Crippen LogP contribution in [0.15, 0.2) is 29.8 Å². The van der Waals surface area contributed by atoms with E-state index < -0.39 is 0 Å². The van der Waals surface area contributed by atoms with Crippen molar-refractivity contribution in [1.29, 1.82) is 5.41 Å². The highest BCUT2D eigenvalue weighted by molar-refractivity contribution is 6.49. The third kappa shape index (κ3) is 2.40. The molecule has 0 aliphatic rings. The van der Waals surface area contributed by atoms with E-state index in [9.17, 15) is 0 Å². The summed E-state index contributed by atoms with van der Waals surface area (Å²) in [5, 5.41) is 7.30. The molecule has 0 unspecified atom stereocenters. The van der Waals surface area contributed by atoms with E-state index in [-0.39, 0.29) is 0 Å². The lowest BCUT2D eigenvalue weighted by Crippen LogP contribution is -2.05. The molecule has 0 rings (SSSR count). The van der Waals surface area contributed by atoms with Crippen molar-refractivity contribution >= 4 is 11.4 Å². The Balaban J connectivity index is 4.37. The summed E-state index contributed by atoms with van der Waals surface area (Å²) in [6.45, 7) is 5.36. The van der Waals surface area contributed by atoms with Gasteiger partial charge in [0.2, 0.25) is 0 Å². The molecule has 0 atom stereocenters. The lowest BCUT2D eigenvalue weighted by atomic mass is 10.2. The SMILES string of the molecule is C=CC(=N)C(/C=C\C)=NC. The standard InChI is InChI=1S/C8H12N2/c1-4-6-8(10-3)7(9)5-2/h4-6,9H,2H2,1,3H3/b6-4-,9-7?,10-8?. The van der Waals surface area contributed by atoms with Gasteiger partial charge in [0, 0.05) is 7.05 Å². The van der Waals surface area contributed by atoms with Crippen LogP contribution in [0.1, 0.15) is 6.92 Å². The molecule has 0 aromatic heterocycles. The van der Waals surface area contributed by atoms with Crippen LogP contribution >= 0.6 is 0 Å². The van der Waals surface area contributed by atoms with Gasteiger partial charge in [0.25, 0.3) is 0 Å². The van der Waals surface area contributed by atoms with Crippen LogP contribution in [0.2, 0.25) is 0 Å². The molecule has 10 heavy (non-hydrogen) atoms. The summed E-state index contributed by atoms with van der Waals surface area (Å²) in [6, 6.07) is 0. The summed E-state index contributed by atoms with van der Waals surface area (Å²) in [5.41, 5.74) is 1.03. The van der Waals surface area contributed by atoms with Gasteiger partial charge >= 0.3 is 0 Å². The van der Waals surface area contributed by atoms with Gasteiger partial charge in [0.05, 0.1) is 11.4 Å². The highest BCUT2D eigenvalue weighted by Crippen LogP contribution is 1.85. The first-order valence-electron chi connectivity index (χ1n) is 3.07. The number of nitrogens with zero attached hydrogens (tertiary/aromatic N) is 1. The van der Waals surface area contributed by atoms with E-state index in [1.54, 1.807) is 13.1 Å². The van der Waals surface area contributed by atoms with Crippen LogP contribution < -0.4 is 0 Å². The van der Waals surface area contributed by atoms with E-state index in [2.05, 4.69) is 11.6 Å². The summed E-state index contributed by atoms with van der Waals surface area (Å²) >= 11 is 0. The first-order valence-corrected chi connectivity index (χ1v) is 3.07. The molecule has 0 fully saturated rings. The molecule has 0 aliphatic carbocycles. The van der Waals surface area contributed by atoms with E-state index in [0.717, 1.165) is 0 Å². The molecule has 0 heterocycles. The van der Waals surface area contributed by atoms with Crippen LogP contribution in [-0.4, -0.2) is 18.5 Å². The van der Waals surface area contributed by atoms with Crippen LogP contribution in [0.4, 0.5) is 0 Å². The van der Waals surface area contributed by atoms with E-state index in [1.165, 1.54) is 6.08 Å². The molecule has 2 nitrogen and oxygen atoms in total. The second-order valence-corrected chi connectivity index (χ2v) is 1.73. The van der Waals surface area contributed by atoms with E-state index >= 15 is 0 Å². The Hall–Kier alpha value is -1.18. The van der Waals surface area contributed by atoms with Crippen molar-refractivity contribution in [3.63, 3.8) is 0 Å². The summed E-state index contributed by atoms with van der Waals surface area (Å²) in [5.74, 6) is 0. The van der Waals surface area contributed by atoms with Crippen molar-refractivity contribution in [3.8, 4) is 0 Å². The zero-order chi connectivity index (χ0) is 7.98. The minimum absolute atomic E-state index is 0.362. The van der Waals surface area contributed by atoms with E-state index in [1.807, 2.05) is 13.0 Å². The smallest absolute Gasteiger partial charge is 0.0816 e. The van der Waals surface area contributed by atoms with Gasteiger partial charge in [-0.2, -0.15) is 0 Å². The molecule has 0 spiro atoms. The largest absolute Gasteiger partial charge is 0.299 e. The highest BCUT2D eigenvalue weighted by Gasteiger charge is 1.94. The zero-order valence-electron chi connectivity index (χ0n) is 6.39. The molecule has 0 aromatic carbocycles. The Morgan fingerprint density at radius 2 is 2.20 bits per heavy atom. The minimum Gasteiger partial charge on any atom is -0.299 e. The quantitative estimate of drug-likeness (QED) is 0.575. The fourth-order valence-electron chi connectivity index (χ4n) is 0.547. The van der Waals surface area contributed by atoms with Crippen LogP contribution in [0.3, 0.4) is 0 Å². The second kappa shape index (κ2) is 4.68. The molecule has 0 radical (unpaired) electrons. The van der Waals surface area contributed by atoms with Gasteiger partial charge in [-0.3, -0.25) is 10.4 Å². The van der Waals surface area contributed by atoms with Crippen molar-refractivity contribution in [2.45, 2.75) is 6.92 Å². The van der Waals surface area contributed by atoms with Crippen LogP contribution in [0.25, 0.3) is 0 Å². The molecule has 0 aromatic rings. The molecule has 2 heteroatoms. The number of hydrogen-bond donors (Lipinski definition) is 1. The van der Waals surface area contributed by atoms with Crippen LogP contribution in [-0.2, 0) is 0 Å². The molecule has 0 aliphatic heterocycles. The molecule has 0 amide bonds. The molecular weight excluding hydrogens is 124 g/mol.